The van der Waals surface area contributed by atoms with Crippen LogP contribution in [0, 0.1) is 12.3 Å². The summed E-state index contributed by atoms with van der Waals surface area (Å²) in [6.45, 7) is 2.89. The van der Waals surface area contributed by atoms with E-state index in [9.17, 15) is 4.79 Å². The Morgan fingerprint density at radius 2 is 2.35 bits per heavy atom. The van der Waals surface area contributed by atoms with Crippen molar-refractivity contribution in [2.24, 2.45) is 5.41 Å². The van der Waals surface area contributed by atoms with Crippen molar-refractivity contribution in [3.8, 4) is 0 Å². The normalized spacial score (nSPS) is 19.5. The van der Waals surface area contributed by atoms with Gasteiger partial charge in [-0.3, -0.25) is 4.79 Å². The molecular formula is C12H17NO3S. The summed E-state index contributed by atoms with van der Waals surface area (Å²) < 4.78 is 10.2. The van der Waals surface area contributed by atoms with Crippen LogP contribution in [0.1, 0.15) is 16.5 Å². The number of hydrogen-bond donors (Lipinski definition) is 1. The average Bonchev–Trinajstić information content (AvgIpc) is 2.68. The summed E-state index contributed by atoms with van der Waals surface area (Å²) in [4.78, 5) is 13.2. The van der Waals surface area contributed by atoms with Gasteiger partial charge in [0.05, 0.1) is 26.4 Å². The third-order valence-electron chi connectivity index (χ3n) is 3.32. The van der Waals surface area contributed by atoms with Gasteiger partial charge in [-0.2, -0.15) is 0 Å². The van der Waals surface area contributed by atoms with E-state index >= 15 is 0 Å². The minimum absolute atomic E-state index is 0.0382. The molecule has 1 aliphatic rings. The summed E-state index contributed by atoms with van der Waals surface area (Å²) in [5, 5.41) is 5.27. The number of esters is 1. The number of hydrogen-bond acceptors (Lipinski definition) is 5. The zero-order valence-electron chi connectivity index (χ0n) is 10.3. The molecule has 0 bridgehead atoms. The molecule has 4 nitrogen and oxygen atoms in total. The van der Waals surface area contributed by atoms with Gasteiger partial charge in [-0.15, -0.1) is 11.3 Å². The molecule has 0 aliphatic carbocycles. The molecular weight excluding hydrogens is 238 g/mol. The summed E-state index contributed by atoms with van der Waals surface area (Å²) in [5.74, 6) is -0.198. The second-order valence-corrected chi connectivity index (χ2v) is 5.28. The lowest BCUT2D eigenvalue weighted by Gasteiger charge is -2.44. The predicted octanol–water partition coefficient (Wildman–Crippen LogP) is 1.51. The minimum atomic E-state index is -0.570. The molecule has 0 radical (unpaired) electrons. The Morgan fingerprint density at radius 3 is 2.71 bits per heavy atom. The molecule has 1 aromatic rings. The van der Waals surface area contributed by atoms with Gasteiger partial charge in [0.15, 0.2) is 0 Å². The van der Waals surface area contributed by atoms with E-state index in [1.807, 2.05) is 12.4 Å². The minimum Gasteiger partial charge on any atom is -0.468 e. The molecule has 1 fully saturated rings. The Kier molecular flexibility index (Phi) is 3.51. The van der Waals surface area contributed by atoms with E-state index in [4.69, 9.17) is 9.47 Å². The van der Waals surface area contributed by atoms with Crippen LogP contribution in [0.15, 0.2) is 11.4 Å². The Balaban J connectivity index is 2.35. The van der Waals surface area contributed by atoms with Gasteiger partial charge in [0, 0.05) is 4.88 Å². The van der Waals surface area contributed by atoms with Crippen LogP contribution in [0.2, 0.25) is 0 Å². The molecule has 0 aromatic carbocycles. The van der Waals surface area contributed by atoms with Crippen LogP contribution in [0.4, 0.5) is 0 Å². The number of ether oxygens (including phenoxy) is 2. The van der Waals surface area contributed by atoms with E-state index in [1.54, 1.807) is 11.3 Å². The Bertz CT molecular complexity index is 412. The number of aryl methyl sites for hydroxylation is 1. The van der Waals surface area contributed by atoms with Crippen LogP contribution < -0.4 is 5.32 Å². The summed E-state index contributed by atoms with van der Waals surface area (Å²) in [6, 6.07) is 2.03. The van der Waals surface area contributed by atoms with Crippen molar-refractivity contribution in [2.75, 3.05) is 27.4 Å². The molecule has 0 spiro atoms. The zero-order chi connectivity index (χ0) is 12.5. The number of carbonyl (C=O) groups is 1. The first-order valence-corrected chi connectivity index (χ1v) is 6.41. The van der Waals surface area contributed by atoms with Gasteiger partial charge in [-0.05, 0) is 31.0 Å². The molecule has 0 amide bonds. The predicted molar refractivity (Wildman–Crippen MR) is 66.1 cm³/mol. The molecule has 5 heteroatoms. The molecule has 1 saturated heterocycles. The molecule has 0 saturated carbocycles. The number of methoxy groups -OCH3 is 1. The van der Waals surface area contributed by atoms with Gasteiger partial charge >= 0.3 is 5.97 Å². The first-order chi connectivity index (χ1) is 8.15. The maximum Gasteiger partial charge on any atom is 0.318 e. The molecule has 17 heavy (non-hydrogen) atoms. The average molecular weight is 255 g/mol. The van der Waals surface area contributed by atoms with Crippen LogP contribution in [-0.4, -0.2) is 33.3 Å². The second kappa shape index (κ2) is 4.76. The third-order valence-corrected chi connectivity index (χ3v) is 4.40. The molecule has 2 rings (SSSR count). The molecule has 2 heterocycles. The fourth-order valence-electron chi connectivity index (χ4n) is 2.27. The summed E-state index contributed by atoms with van der Waals surface area (Å²) >= 11 is 1.66. The lowest BCUT2D eigenvalue weighted by molar-refractivity contribution is -0.190. The van der Waals surface area contributed by atoms with Crippen molar-refractivity contribution in [2.45, 2.75) is 13.0 Å². The summed E-state index contributed by atoms with van der Waals surface area (Å²) in [7, 11) is 3.29. The van der Waals surface area contributed by atoms with Crippen molar-refractivity contribution in [3.05, 3.63) is 21.9 Å². The summed E-state index contributed by atoms with van der Waals surface area (Å²) in [6.07, 6.45) is 0. The largest absolute Gasteiger partial charge is 0.468 e. The van der Waals surface area contributed by atoms with Gasteiger partial charge in [-0.25, -0.2) is 0 Å². The van der Waals surface area contributed by atoms with Crippen molar-refractivity contribution in [3.63, 3.8) is 0 Å². The van der Waals surface area contributed by atoms with E-state index in [0.29, 0.717) is 13.2 Å². The number of nitrogens with one attached hydrogen (secondary N) is 1. The Morgan fingerprint density at radius 1 is 1.65 bits per heavy atom. The van der Waals surface area contributed by atoms with Crippen molar-refractivity contribution in [1.82, 2.24) is 5.32 Å². The van der Waals surface area contributed by atoms with Crippen molar-refractivity contribution < 1.29 is 14.3 Å². The molecule has 1 N–H and O–H groups in total. The number of rotatable bonds is 4. The second-order valence-electron chi connectivity index (χ2n) is 4.33. The maximum absolute atomic E-state index is 12.0. The lowest BCUT2D eigenvalue weighted by Crippen LogP contribution is -2.56. The molecule has 1 aliphatic heterocycles. The number of carbonyl (C=O) groups excluding carboxylic acids is 1. The standard InChI is InChI=1S/C12H17NO3S/c1-8-4-5-17-9(8)10(13-2)12(6-16-7-12)11(14)15-3/h4-5,10,13H,6-7H2,1-3H3. The highest BCUT2D eigenvalue weighted by Crippen LogP contribution is 2.44. The van der Waals surface area contributed by atoms with Crippen LogP contribution in [-0.2, 0) is 14.3 Å². The van der Waals surface area contributed by atoms with Crippen LogP contribution in [0.25, 0.3) is 0 Å². The molecule has 1 atom stereocenters. The number of thiophene rings is 1. The fraction of sp³-hybridized carbons (Fsp3) is 0.583. The molecule has 1 aromatic heterocycles. The third kappa shape index (κ3) is 1.88. The van der Waals surface area contributed by atoms with E-state index < -0.39 is 5.41 Å². The first-order valence-electron chi connectivity index (χ1n) is 5.53. The highest BCUT2D eigenvalue weighted by atomic mass is 32.1. The quantitative estimate of drug-likeness (QED) is 0.828. The van der Waals surface area contributed by atoms with Crippen LogP contribution >= 0.6 is 11.3 Å². The van der Waals surface area contributed by atoms with Gasteiger partial charge in [-0.1, -0.05) is 0 Å². The van der Waals surface area contributed by atoms with Gasteiger partial charge < -0.3 is 14.8 Å². The van der Waals surface area contributed by atoms with Gasteiger partial charge in [0.25, 0.3) is 0 Å². The van der Waals surface area contributed by atoms with Crippen LogP contribution in [0.3, 0.4) is 0 Å². The van der Waals surface area contributed by atoms with Crippen molar-refractivity contribution in [1.29, 1.82) is 0 Å². The highest BCUT2D eigenvalue weighted by Gasteiger charge is 2.54. The lowest BCUT2D eigenvalue weighted by atomic mass is 9.77. The first kappa shape index (κ1) is 12.5. The van der Waals surface area contributed by atoms with E-state index in [0.717, 1.165) is 0 Å². The Hall–Kier alpha value is -0.910. The van der Waals surface area contributed by atoms with Crippen molar-refractivity contribution >= 4 is 17.3 Å². The van der Waals surface area contributed by atoms with Crippen LogP contribution in [0.5, 0.6) is 0 Å². The van der Waals surface area contributed by atoms with E-state index in [1.165, 1.54) is 17.6 Å². The Labute approximate surface area is 105 Å². The molecule has 94 valence electrons. The van der Waals surface area contributed by atoms with E-state index in [-0.39, 0.29) is 12.0 Å². The molecule has 1 unspecified atom stereocenters. The van der Waals surface area contributed by atoms with Gasteiger partial charge in [0.1, 0.15) is 5.41 Å². The van der Waals surface area contributed by atoms with Gasteiger partial charge in [0.2, 0.25) is 0 Å². The summed E-state index contributed by atoms with van der Waals surface area (Å²) in [5.41, 5.74) is 0.628. The topological polar surface area (TPSA) is 47.6 Å². The maximum atomic E-state index is 12.0. The van der Waals surface area contributed by atoms with E-state index in [2.05, 4.69) is 18.3 Å². The zero-order valence-corrected chi connectivity index (χ0v) is 11.1. The SMILES string of the molecule is CNC(c1sccc1C)C1(C(=O)OC)COC1. The highest BCUT2D eigenvalue weighted by molar-refractivity contribution is 7.10. The fourth-order valence-corrected chi connectivity index (χ4v) is 3.42. The smallest absolute Gasteiger partial charge is 0.318 e. The monoisotopic (exact) mass is 255 g/mol.